The number of nitrogens with zero attached hydrogens (tertiary/aromatic N) is 1. The molecule has 0 aliphatic rings. The third-order valence-electron chi connectivity index (χ3n) is 3.31. The van der Waals surface area contributed by atoms with Crippen molar-refractivity contribution >= 4 is 22.9 Å². The molecule has 1 heterocycles. The lowest BCUT2D eigenvalue weighted by Crippen LogP contribution is -1.94. The predicted molar refractivity (Wildman–Crippen MR) is 73.8 cm³/mol. The molecule has 0 atom stereocenters. The first-order valence-corrected chi connectivity index (χ1v) is 5.89. The molecule has 1 N–H and O–H groups in total. The molecule has 3 heteroatoms. The zero-order chi connectivity index (χ0) is 13.4. The largest absolute Gasteiger partial charge is 0.478 e. The van der Waals surface area contributed by atoms with Gasteiger partial charge in [0.25, 0.3) is 0 Å². The standard InChI is InChI=1S/C15H17NO2/c1-9-7-10(2)15-12(8-9)11(3)13(16(15)4)5-6-14(17)18/h5-8H,1-4H3,(H,17,18)/b6-5+. The van der Waals surface area contributed by atoms with Crippen LogP contribution in [0.4, 0.5) is 0 Å². The molecule has 0 spiro atoms. The highest BCUT2D eigenvalue weighted by atomic mass is 16.4. The van der Waals surface area contributed by atoms with Gasteiger partial charge in [-0.05, 0) is 44.0 Å². The Morgan fingerprint density at radius 3 is 2.56 bits per heavy atom. The van der Waals surface area contributed by atoms with Crippen molar-refractivity contribution < 1.29 is 9.90 Å². The number of hydrogen-bond donors (Lipinski definition) is 1. The number of aliphatic carboxylic acids is 1. The van der Waals surface area contributed by atoms with Gasteiger partial charge >= 0.3 is 5.97 Å². The lowest BCUT2D eigenvalue weighted by molar-refractivity contribution is -0.131. The van der Waals surface area contributed by atoms with Gasteiger partial charge in [0.2, 0.25) is 0 Å². The molecule has 0 saturated carbocycles. The fraction of sp³-hybridized carbons (Fsp3) is 0.267. The number of carboxylic acids is 1. The smallest absolute Gasteiger partial charge is 0.328 e. The molecule has 2 rings (SSSR count). The molecule has 0 bridgehead atoms. The molecular weight excluding hydrogens is 226 g/mol. The highest BCUT2D eigenvalue weighted by Crippen LogP contribution is 2.29. The lowest BCUT2D eigenvalue weighted by atomic mass is 10.1. The summed E-state index contributed by atoms with van der Waals surface area (Å²) in [6, 6.07) is 4.29. The molecule has 0 radical (unpaired) electrons. The Hall–Kier alpha value is -2.03. The number of rotatable bonds is 2. The van der Waals surface area contributed by atoms with Crippen molar-refractivity contribution in [3.05, 3.63) is 40.6 Å². The van der Waals surface area contributed by atoms with Gasteiger partial charge in [-0.15, -0.1) is 0 Å². The van der Waals surface area contributed by atoms with Crippen LogP contribution >= 0.6 is 0 Å². The number of carboxylic acid groups (broad SMARTS) is 1. The summed E-state index contributed by atoms with van der Waals surface area (Å²) in [4.78, 5) is 10.6. The zero-order valence-corrected chi connectivity index (χ0v) is 11.1. The van der Waals surface area contributed by atoms with Crippen LogP contribution in [0.3, 0.4) is 0 Å². The SMILES string of the molecule is Cc1cc(C)c2c(c1)c(C)c(/C=C/C(=O)O)n2C. The van der Waals surface area contributed by atoms with Crippen LogP contribution in [0, 0.1) is 20.8 Å². The van der Waals surface area contributed by atoms with Crippen LogP contribution in [-0.2, 0) is 11.8 Å². The highest BCUT2D eigenvalue weighted by molar-refractivity contribution is 5.93. The maximum atomic E-state index is 10.6. The number of aromatic nitrogens is 1. The van der Waals surface area contributed by atoms with E-state index >= 15 is 0 Å². The molecule has 18 heavy (non-hydrogen) atoms. The van der Waals surface area contributed by atoms with Crippen molar-refractivity contribution in [3.8, 4) is 0 Å². The Morgan fingerprint density at radius 2 is 1.94 bits per heavy atom. The van der Waals surface area contributed by atoms with Crippen LogP contribution in [0.5, 0.6) is 0 Å². The van der Waals surface area contributed by atoms with Gasteiger partial charge in [0.1, 0.15) is 0 Å². The van der Waals surface area contributed by atoms with Crippen molar-refractivity contribution in [2.75, 3.05) is 0 Å². The fourth-order valence-corrected chi connectivity index (χ4v) is 2.59. The second kappa shape index (κ2) is 4.33. The summed E-state index contributed by atoms with van der Waals surface area (Å²) in [5, 5.41) is 9.93. The first-order chi connectivity index (χ1) is 8.41. The van der Waals surface area contributed by atoms with E-state index in [-0.39, 0.29) is 0 Å². The van der Waals surface area contributed by atoms with Gasteiger partial charge in [0, 0.05) is 24.2 Å². The van der Waals surface area contributed by atoms with Gasteiger partial charge in [0.05, 0.1) is 5.52 Å². The maximum absolute atomic E-state index is 10.6. The van der Waals surface area contributed by atoms with Crippen molar-refractivity contribution in [1.82, 2.24) is 4.57 Å². The van der Waals surface area contributed by atoms with Gasteiger partial charge in [-0.2, -0.15) is 0 Å². The molecule has 0 amide bonds. The van der Waals surface area contributed by atoms with Crippen LogP contribution in [0.2, 0.25) is 0 Å². The highest BCUT2D eigenvalue weighted by Gasteiger charge is 2.12. The van der Waals surface area contributed by atoms with Gasteiger partial charge in [0.15, 0.2) is 0 Å². The summed E-state index contributed by atoms with van der Waals surface area (Å²) in [5.74, 6) is -0.924. The van der Waals surface area contributed by atoms with Crippen molar-refractivity contribution in [1.29, 1.82) is 0 Å². The first-order valence-electron chi connectivity index (χ1n) is 5.89. The molecule has 1 aromatic carbocycles. The lowest BCUT2D eigenvalue weighted by Gasteiger charge is -2.03. The number of benzene rings is 1. The van der Waals surface area contributed by atoms with Gasteiger partial charge in [-0.1, -0.05) is 11.6 Å². The van der Waals surface area contributed by atoms with Gasteiger partial charge < -0.3 is 9.67 Å². The van der Waals surface area contributed by atoms with Crippen LogP contribution in [0.25, 0.3) is 17.0 Å². The summed E-state index contributed by atoms with van der Waals surface area (Å²) < 4.78 is 2.05. The molecule has 94 valence electrons. The minimum Gasteiger partial charge on any atom is -0.478 e. The number of aryl methyl sites for hydroxylation is 4. The molecule has 0 saturated heterocycles. The zero-order valence-electron chi connectivity index (χ0n) is 11.1. The monoisotopic (exact) mass is 243 g/mol. The summed E-state index contributed by atoms with van der Waals surface area (Å²) in [7, 11) is 1.97. The molecule has 1 aromatic heterocycles. The van der Waals surface area contributed by atoms with E-state index in [1.54, 1.807) is 6.08 Å². The van der Waals surface area contributed by atoms with Gasteiger partial charge in [-0.3, -0.25) is 0 Å². The predicted octanol–water partition coefficient (Wildman–Crippen LogP) is 3.20. The molecule has 0 unspecified atom stereocenters. The minimum absolute atomic E-state index is 0.924. The number of carbonyl (C=O) groups is 1. The minimum atomic E-state index is -0.924. The maximum Gasteiger partial charge on any atom is 0.328 e. The van der Waals surface area contributed by atoms with E-state index in [1.807, 2.05) is 14.0 Å². The summed E-state index contributed by atoms with van der Waals surface area (Å²) in [6.45, 7) is 6.19. The Kier molecular flexibility index (Phi) is 2.99. The van der Waals surface area contributed by atoms with E-state index in [1.165, 1.54) is 28.1 Å². The van der Waals surface area contributed by atoms with E-state index in [2.05, 4.69) is 30.5 Å². The van der Waals surface area contributed by atoms with Crippen LogP contribution in [0.15, 0.2) is 18.2 Å². The van der Waals surface area contributed by atoms with Crippen molar-refractivity contribution in [3.63, 3.8) is 0 Å². The van der Waals surface area contributed by atoms with E-state index in [0.29, 0.717) is 0 Å². The molecule has 0 fully saturated rings. The molecule has 0 aliphatic heterocycles. The van der Waals surface area contributed by atoms with Crippen molar-refractivity contribution in [2.45, 2.75) is 20.8 Å². The Balaban J connectivity index is 2.77. The average molecular weight is 243 g/mol. The summed E-state index contributed by atoms with van der Waals surface area (Å²) >= 11 is 0. The molecule has 2 aromatic rings. The summed E-state index contributed by atoms with van der Waals surface area (Å²) in [6.07, 6.45) is 2.84. The third kappa shape index (κ3) is 1.92. The second-order valence-electron chi connectivity index (χ2n) is 4.72. The van der Waals surface area contributed by atoms with E-state index in [9.17, 15) is 4.79 Å². The third-order valence-corrected chi connectivity index (χ3v) is 3.31. The normalized spacial score (nSPS) is 11.6. The number of hydrogen-bond acceptors (Lipinski definition) is 1. The topological polar surface area (TPSA) is 42.2 Å². The van der Waals surface area contributed by atoms with Crippen molar-refractivity contribution in [2.24, 2.45) is 7.05 Å². The molecule has 0 aliphatic carbocycles. The van der Waals surface area contributed by atoms with E-state index in [4.69, 9.17) is 5.11 Å². The fourth-order valence-electron chi connectivity index (χ4n) is 2.59. The first kappa shape index (κ1) is 12.4. The van der Waals surface area contributed by atoms with E-state index < -0.39 is 5.97 Å². The second-order valence-corrected chi connectivity index (χ2v) is 4.72. The molecule has 3 nitrogen and oxygen atoms in total. The molecular formula is C15H17NO2. The quantitative estimate of drug-likeness (QED) is 0.823. The Morgan fingerprint density at radius 1 is 1.28 bits per heavy atom. The Labute approximate surface area is 106 Å². The number of fused-ring (bicyclic) bond motifs is 1. The van der Waals surface area contributed by atoms with E-state index in [0.717, 1.165) is 11.3 Å². The van der Waals surface area contributed by atoms with Crippen LogP contribution < -0.4 is 0 Å². The summed E-state index contributed by atoms with van der Waals surface area (Å²) in [5.41, 5.74) is 5.68. The Bertz CT molecular complexity index is 663. The van der Waals surface area contributed by atoms with Crippen LogP contribution in [-0.4, -0.2) is 15.6 Å². The van der Waals surface area contributed by atoms with Crippen LogP contribution in [0.1, 0.15) is 22.4 Å². The average Bonchev–Trinajstić information content (AvgIpc) is 2.49. The van der Waals surface area contributed by atoms with Gasteiger partial charge in [-0.25, -0.2) is 4.79 Å².